The molecule has 0 saturated heterocycles. The first-order valence-corrected chi connectivity index (χ1v) is 8.71. The highest BCUT2D eigenvalue weighted by molar-refractivity contribution is 5.94. The number of nitrogens with one attached hydrogen (secondary N) is 1. The van der Waals surface area contributed by atoms with Crippen LogP contribution in [0.2, 0.25) is 0 Å². The molecule has 1 rings (SSSR count). The summed E-state index contributed by atoms with van der Waals surface area (Å²) in [4.78, 5) is 14.7. The van der Waals surface area contributed by atoms with E-state index in [0.717, 1.165) is 19.5 Å². The van der Waals surface area contributed by atoms with Crippen LogP contribution in [0.15, 0.2) is 24.3 Å². The fourth-order valence-corrected chi connectivity index (χ4v) is 2.71. The van der Waals surface area contributed by atoms with Crippen LogP contribution in [0.5, 0.6) is 0 Å². The van der Waals surface area contributed by atoms with E-state index in [2.05, 4.69) is 44.8 Å². The Kier molecular flexibility index (Phi) is 8.28. The van der Waals surface area contributed by atoms with Crippen LogP contribution in [0.4, 0.5) is 0 Å². The van der Waals surface area contributed by atoms with Gasteiger partial charge in [0, 0.05) is 30.7 Å². The third-order valence-electron chi connectivity index (χ3n) is 4.11. The number of nitrogens with zero attached hydrogens (tertiary/aromatic N) is 1. The van der Waals surface area contributed by atoms with Crippen molar-refractivity contribution in [2.75, 3.05) is 13.1 Å². The molecule has 0 saturated carbocycles. The number of hydrogen-bond acceptors (Lipinski definition) is 3. The predicted octanol–water partition coefficient (Wildman–Crippen LogP) is 3.02. The van der Waals surface area contributed by atoms with Crippen molar-refractivity contribution in [3.63, 3.8) is 0 Å². The Balaban J connectivity index is 2.66. The van der Waals surface area contributed by atoms with E-state index in [0.29, 0.717) is 24.1 Å². The van der Waals surface area contributed by atoms with Crippen LogP contribution in [0.1, 0.15) is 57.0 Å². The summed E-state index contributed by atoms with van der Waals surface area (Å²) in [7, 11) is 0. The smallest absolute Gasteiger partial charge is 0.251 e. The van der Waals surface area contributed by atoms with E-state index >= 15 is 0 Å². The lowest BCUT2D eigenvalue weighted by Gasteiger charge is -2.24. The molecule has 3 N–H and O–H groups in total. The van der Waals surface area contributed by atoms with Crippen LogP contribution < -0.4 is 11.1 Å². The first-order valence-electron chi connectivity index (χ1n) is 8.71. The van der Waals surface area contributed by atoms with Gasteiger partial charge in [-0.1, -0.05) is 32.9 Å². The highest BCUT2D eigenvalue weighted by Gasteiger charge is 2.14. The lowest BCUT2D eigenvalue weighted by atomic mass is 10.0. The average Bonchev–Trinajstić information content (AvgIpc) is 2.51. The van der Waals surface area contributed by atoms with Gasteiger partial charge in [0.05, 0.1) is 0 Å². The van der Waals surface area contributed by atoms with Crippen molar-refractivity contribution in [3.8, 4) is 0 Å². The van der Waals surface area contributed by atoms with E-state index in [1.807, 2.05) is 24.3 Å². The van der Waals surface area contributed by atoms with Gasteiger partial charge in [0.15, 0.2) is 0 Å². The maximum absolute atomic E-state index is 12.3. The Morgan fingerprint density at radius 2 is 1.78 bits per heavy atom. The molecule has 4 heteroatoms. The largest absolute Gasteiger partial charge is 0.348 e. The molecule has 0 aromatic heterocycles. The number of amides is 1. The van der Waals surface area contributed by atoms with Crippen molar-refractivity contribution in [1.29, 1.82) is 0 Å². The van der Waals surface area contributed by atoms with Gasteiger partial charge in [0.25, 0.3) is 5.91 Å². The lowest BCUT2D eigenvalue weighted by molar-refractivity contribution is 0.0933. The molecule has 1 amide bonds. The topological polar surface area (TPSA) is 58.4 Å². The van der Waals surface area contributed by atoms with Crippen LogP contribution >= 0.6 is 0 Å². The fourth-order valence-electron chi connectivity index (χ4n) is 2.71. The Morgan fingerprint density at radius 1 is 1.17 bits per heavy atom. The molecule has 4 nitrogen and oxygen atoms in total. The van der Waals surface area contributed by atoms with Crippen LogP contribution in [-0.4, -0.2) is 36.0 Å². The highest BCUT2D eigenvalue weighted by Crippen LogP contribution is 2.11. The number of rotatable bonds is 9. The molecule has 23 heavy (non-hydrogen) atoms. The molecule has 0 aliphatic rings. The van der Waals surface area contributed by atoms with Gasteiger partial charge in [-0.3, -0.25) is 9.69 Å². The summed E-state index contributed by atoms with van der Waals surface area (Å²) in [5, 5.41) is 3.03. The Hall–Kier alpha value is -1.39. The lowest BCUT2D eigenvalue weighted by Crippen LogP contribution is -2.41. The van der Waals surface area contributed by atoms with Gasteiger partial charge in [0.1, 0.15) is 0 Å². The summed E-state index contributed by atoms with van der Waals surface area (Å²) < 4.78 is 0. The van der Waals surface area contributed by atoms with Crippen molar-refractivity contribution < 1.29 is 4.79 Å². The van der Waals surface area contributed by atoms with E-state index in [1.165, 1.54) is 5.56 Å². The van der Waals surface area contributed by atoms with Crippen molar-refractivity contribution in [3.05, 3.63) is 35.4 Å². The monoisotopic (exact) mass is 319 g/mol. The summed E-state index contributed by atoms with van der Waals surface area (Å²) in [5.74, 6) is 0.478. The Morgan fingerprint density at radius 3 is 2.22 bits per heavy atom. The molecule has 130 valence electrons. The van der Waals surface area contributed by atoms with E-state index in [9.17, 15) is 4.79 Å². The van der Waals surface area contributed by atoms with Gasteiger partial charge >= 0.3 is 0 Å². The summed E-state index contributed by atoms with van der Waals surface area (Å²) in [6, 6.07) is 8.45. The molecule has 0 fully saturated rings. The van der Waals surface area contributed by atoms with Gasteiger partial charge in [-0.2, -0.15) is 0 Å². The molecule has 1 aromatic carbocycles. The average molecular weight is 319 g/mol. The van der Waals surface area contributed by atoms with Gasteiger partial charge in [-0.05, 0) is 50.4 Å². The summed E-state index contributed by atoms with van der Waals surface area (Å²) in [6.45, 7) is 13.3. The van der Waals surface area contributed by atoms with E-state index in [-0.39, 0.29) is 11.9 Å². The maximum atomic E-state index is 12.3. The third-order valence-corrected chi connectivity index (χ3v) is 4.11. The first-order chi connectivity index (χ1) is 10.9. The van der Waals surface area contributed by atoms with Crippen molar-refractivity contribution in [1.82, 2.24) is 10.2 Å². The first kappa shape index (κ1) is 19.7. The van der Waals surface area contributed by atoms with Crippen LogP contribution in [-0.2, 0) is 6.54 Å². The molecule has 0 aliphatic carbocycles. The minimum Gasteiger partial charge on any atom is -0.348 e. The van der Waals surface area contributed by atoms with Gasteiger partial charge in [-0.25, -0.2) is 0 Å². The second kappa shape index (κ2) is 9.68. The molecule has 0 aliphatic heterocycles. The number of benzene rings is 1. The van der Waals surface area contributed by atoms with Crippen molar-refractivity contribution in [2.45, 2.75) is 59.7 Å². The molecule has 0 radical (unpaired) electrons. The molecule has 0 spiro atoms. The number of carbonyl (C=O) groups excluding carboxylic acids is 1. The zero-order chi connectivity index (χ0) is 17.4. The third kappa shape index (κ3) is 6.71. The molecule has 1 unspecified atom stereocenters. The zero-order valence-corrected chi connectivity index (χ0v) is 15.3. The second-order valence-electron chi connectivity index (χ2n) is 6.89. The van der Waals surface area contributed by atoms with Crippen LogP contribution in [0.25, 0.3) is 0 Å². The minimum absolute atomic E-state index is 0.0381. The Bertz CT molecular complexity index is 468. The fraction of sp³-hybridized carbons (Fsp3) is 0.632. The van der Waals surface area contributed by atoms with Gasteiger partial charge in [0.2, 0.25) is 0 Å². The Labute approximate surface area is 141 Å². The normalized spacial score (nSPS) is 12.9. The quantitative estimate of drug-likeness (QED) is 0.735. The summed E-state index contributed by atoms with van der Waals surface area (Å²) >= 11 is 0. The predicted molar refractivity (Wildman–Crippen MR) is 97.4 cm³/mol. The van der Waals surface area contributed by atoms with Crippen molar-refractivity contribution in [2.24, 2.45) is 11.7 Å². The zero-order valence-electron chi connectivity index (χ0n) is 15.3. The molecular weight excluding hydrogens is 286 g/mol. The van der Waals surface area contributed by atoms with Gasteiger partial charge in [-0.15, -0.1) is 0 Å². The van der Waals surface area contributed by atoms with Crippen LogP contribution in [0.3, 0.4) is 0 Å². The molecular formula is C19H33N3O. The minimum atomic E-state index is -0.0381. The maximum Gasteiger partial charge on any atom is 0.251 e. The molecule has 1 atom stereocenters. The van der Waals surface area contributed by atoms with E-state index in [1.54, 1.807) is 0 Å². The van der Waals surface area contributed by atoms with Crippen molar-refractivity contribution >= 4 is 5.91 Å². The molecule has 0 heterocycles. The number of carbonyl (C=O) groups is 1. The number of nitrogens with two attached hydrogens (primary N) is 1. The molecule has 1 aromatic rings. The standard InChI is InChI=1S/C19H33N3O/c1-6-22(15(4)5)13-16-7-9-17(10-8-16)19(23)21-18(12-20)11-14(2)3/h7-10,14-15,18H,6,11-13,20H2,1-5H3,(H,21,23). The summed E-state index contributed by atoms with van der Waals surface area (Å²) in [6.07, 6.45) is 0.903. The van der Waals surface area contributed by atoms with E-state index in [4.69, 9.17) is 5.73 Å². The second-order valence-corrected chi connectivity index (χ2v) is 6.89. The SMILES string of the molecule is CCN(Cc1ccc(C(=O)NC(CN)CC(C)C)cc1)C(C)C. The molecule has 0 bridgehead atoms. The van der Waals surface area contributed by atoms with Gasteiger partial charge < -0.3 is 11.1 Å². The van der Waals surface area contributed by atoms with Crippen LogP contribution in [0, 0.1) is 5.92 Å². The number of hydrogen-bond donors (Lipinski definition) is 2. The summed E-state index contributed by atoms with van der Waals surface area (Å²) in [5.41, 5.74) is 7.68. The highest BCUT2D eigenvalue weighted by atomic mass is 16.1. The van der Waals surface area contributed by atoms with E-state index < -0.39 is 0 Å².